The third-order valence-corrected chi connectivity index (χ3v) is 2.68. The van der Waals surface area contributed by atoms with Crippen LogP contribution in [0, 0.1) is 0 Å². The van der Waals surface area contributed by atoms with E-state index in [1.807, 2.05) is 19.0 Å². The lowest BCUT2D eigenvalue weighted by Gasteiger charge is -2.28. The normalized spacial score (nSPS) is 25.4. The molecule has 82 valence electrons. The molecule has 1 rings (SSSR count). The van der Waals surface area contributed by atoms with E-state index in [4.69, 9.17) is 0 Å². The fraction of sp³-hybridized carbons (Fsp3) is 0.900. The largest absolute Gasteiger partial charge is 0.350 e. The molecule has 1 aliphatic rings. The Kier molecular flexibility index (Phi) is 3.50. The van der Waals surface area contributed by atoms with Crippen LogP contribution in [0.5, 0.6) is 0 Å². The van der Waals surface area contributed by atoms with E-state index in [1.54, 1.807) is 0 Å². The molecule has 1 atom stereocenters. The second-order valence-corrected chi connectivity index (χ2v) is 4.80. The number of nitrogens with one attached hydrogen (secondary N) is 2. The Morgan fingerprint density at radius 2 is 2.21 bits per heavy atom. The molecule has 4 nitrogen and oxygen atoms in total. The summed E-state index contributed by atoms with van der Waals surface area (Å²) in [5.41, 5.74) is 0.0297. The Labute approximate surface area is 86.0 Å². The van der Waals surface area contributed by atoms with Crippen molar-refractivity contribution >= 4 is 5.91 Å². The first-order chi connectivity index (χ1) is 6.42. The standard InChI is InChI=1S/C10H21N3O/c1-10(2)8(5-6-11-10)12-9(14)7-13(3)4/h8,11H,5-7H2,1-4H3,(H,12,14). The highest BCUT2D eigenvalue weighted by molar-refractivity contribution is 5.78. The number of carbonyl (C=O) groups is 1. The van der Waals surface area contributed by atoms with Gasteiger partial charge in [-0.15, -0.1) is 0 Å². The van der Waals surface area contributed by atoms with Gasteiger partial charge in [-0.1, -0.05) is 0 Å². The van der Waals surface area contributed by atoms with Crippen molar-refractivity contribution in [2.24, 2.45) is 0 Å². The summed E-state index contributed by atoms with van der Waals surface area (Å²) in [5, 5.41) is 6.43. The number of carbonyl (C=O) groups excluding carboxylic acids is 1. The van der Waals surface area contributed by atoms with Crippen LogP contribution in [-0.2, 0) is 4.79 Å². The summed E-state index contributed by atoms with van der Waals surface area (Å²) in [7, 11) is 3.80. The highest BCUT2D eigenvalue weighted by Gasteiger charge is 2.34. The topological polar surface area (TPSA) is 44.4 Å². The molecule has 0 spiro atoms. The number of hydrogen-bond acceptors (Lipinski definition) is 3. The van der Waals surface area contributed by atoms with E-state index in [0.717, 1.165) is 13.0 Å². The number of likely N-dealkylation sites (N-methyl/N-ethyl adjacent to an activating group) is 1. The summed E-state index contributed by atoms with van der Waals surface area (Å²) in [6, 6.07) is 0.259. The first-order valence-electron chi connectivity index (χ1n) is 5.11. The summed E-state index contributed by atoms with van der Waals surface area (Å²) in [4.78, 5) is 13.4. The van der Waals surface area contributed by atoms with E-state index in [1.165, 1.54) is 0 Å². The van der Waals surface area contributed by atoms with E-state index in [0.29, 0.717) is 6.54 Å². The maximum atomic E-state index is 11.5. The second-order valence-electron chi connectivity index (χ2n) is 4.80. The SMILES string of the molecule is CN(C)CC(=O)NC1CCNC1(C)C. The molecule has 1 aliphatic heterocycles. The van der Waals surface area contributed by atoms with Crippen LogP contribution in [-0.4, -0.2) is 49.6 Å². The predicted molar refractivity (Wildman–Crippen MR) is 57.2 cm³/mol. The van der Waals surface area contributed by atoms with E-state index >= 15 is 0 Å². The monoisotopic (exact) mass is 199 g/mol. The van der Waals surface area contributed by atoms with Gasteiger partial charge >= 0.3 is 0 Å². The van der Waals surface area contributed by atoms with Crippen molar-refractivity contribution in [3.05, 3.63) is 0 Å². The van der Waals surface area contributed by atoms with Gasteiger partial charge in [0.25, 0.3) is 0 Å². The molecule has 1 heterocycles. The van der Waals surface area contributed by atoms with Crippen LogP contribution in [0.4, 0.5) is 0 Å². The Balaban J connectivity index is 2.40. The van der Waals surface area contributed by atoms with Gasteiger partial charge in [0, 0.05) is 11.6 Å². The van der Waals surface area contributed by atoms with Gasteiger partial charge in [0.1, 0.15) is 0 Å². The number of nitrogens with zero attached hydrogens (tertiary/aromatic N) is 1. The third kappa shape index (κ3) is 2.96. The van der Waals surface area contributed by atoms with Crippen LogP contribution in [0.15, 0.2) is 0 Å². The van der Waals surface area contributed by atoms with Crippen molar-refractivity contribution in [1.29, 1.82) is 0 Å². The van der Waals surface area contributed by atoms with Crippen LogP contribution in [0.2, 0.25) is 0 Å². The molecule has 1 saturated heterocycles. The molecule has 4 heteroatoms. The number of rotatable bonds is 3. The minimum Gasteiger partial charge on any atom is -0.350 e. The number of amides is 1. The van der Waals surface area contributed by atoms with Gasteiger partial charge in [0.15, 0.2) is 0 Å². The third-order valence-electron chi connectivity index (χ3n) is 2.68. The van der Waals surface area contributed by atoms with E-state index in [9.17, 15) is 4.79 Å². The lowest BCUT2D eigenvalue weighted by atomic mass is 9.97. The fourth-order valence-corrected chi connectivity index (χ4v) is 1.80. The van der Waals surface area contributed by atoms with Crippen LogP contribution in [0.25, 0.3) is 0 Å². The molecule has 1 fully saturated rings. The smallest absolute Gasteiger partial charge is 0.234 e. The van der Waals surface area contributed by atoms with Crippen molar-refractivity contribution in [3.8, 4) is 0 Å². The van der Waals surface area contributed by atoms with E-state index in [2.05, 4.69) is 24.5 Å². The molecule has 0 aromatic rings. The van der Waals surface area contributed by atoms with Gasteiger partial charge < -0.3 is 15.5 Å². The average Bonchev–Trinajstić information content (AvgIpc) is 2.29. The highest BCUT2D eigenvalue weighted by atomic mass is 16.2. The van der Waals surface area contributed by atoms with Gasteiger partial charge in [-0.25, -0.2) is 0 Å². The van der Waals surface area contributed by atoms with E-state index in [-0.39, 0.29) is 17.5 Å². The molecular formula is C10H21N3O. The Hall–Kier alpha value is -0.610. The molecule has 0 saturated carbocycles. The van der Waals surface area contributed by atoms with Gasteiger partial charge in [0.2, 0.25) is 5.91 Å². The Morgan fingerprint density at radius 1 is 1.57 bits per heavy atom. The summed E-state index contributed by atoms with van der Waals surface area (Å²) < 4.78 is 0. The molecule has 1 amide bonds. The van der Waals surface area contributed by atoms with Gasteiger partial charge in [0.05, 0.1) is 6.54 Å². The first kappa shape index (κ1) is 11.5. The summed E-state index contributed by atoms with van der Waals surface area (Å²) in [6.07, 6.45) is 1.02. The molecule has 0 aliphatic carbocycles. The van der Waals surface area contributed by atoms with Crippen LogP contribution >= 0.6 is 0 Å². The van der Waals surface area contributed by atoms with Crippen molar-refractivity contribution in [2.45, 2.75) is 31.8 Å². The molecule has 0 bridgehead atoms. The van der Waals surface area contributed by atoms with Crippen molar-refractivity contribution < 1.29 is 4.79 Å². The van der Waals surface area contributed by atoms with Crippen molar-refractivity contribution in [1.82, 2.24) is 15.5 Å². The Morgan fingerprint density at radius 3 is 2.64 bits per heavy atom. The molecule has 1 unspecified atom stereocenters. The molecule has 0 radical (unpaired) electrons. The minimum atomic E-state index is 0.0297. The van der Waals surface area contributed by atoms with Gasteiger partial charge in [-0.2, -0.15) is 0 Å². The molecular weight excluding hydrogens is 178 g/mol. The number of hydrogen-bond donors (Lipinski definition) is 2. The van der Waals surface area contributed by atoms with Crippen LogP contribution in [0.1, 0.15) is 20.3 Å². The van der Waals surface area contributed by atoms with Crippen molar-refractivity contribution in [2.75, 3.05) is 27.2 Å². The average molecular weight is 199 g/mol. The predicted octanol–water partition coefficient (Wildman–Crippen LogP) is -0.195. The zero-order valence-corrected chi connectivity index (χ0v) is 9.55. The summed E-state index contributed by atoms with van der Waals surface area (Å²) in [6.45, 7) is 5.70. The second kappa shape index (κ2) is 4.28. The molecule has 0 aromatic carbocycles. The Bertz CT molecular complexity index is 213. The zero-order chi connectivity index (χ0) is 10.8. The zero-order valence-electron chi connectivity index (χ0n) is 9.55. The molecule has 2 N–H and O–H groups in total. The maximum absolute atomic E-state index is 11.5. The quantitative estimate of drug-likeness (QED) is 0.662. The van der Waals surface area contributed by atoms with Gasteiger partial charge in [-0.05, 0) is 40.9 Å². The molecule has 0 aromatic heterocycles. The first-order valence-corrected chi connectivity index (χ1v) is 5.11. The summed E-state index contributed by atoms with van der Waals surface area (Å²) >= 11 is 0. The lowest BCUT2D eigenvalue weighted by molar-refractivity contribution is -0.122. The lowest BCUT2D eigenvalue weighted by Crippen LogP contribution is -2.52. The highest BCUT2D eigenvalue weighted by Crippen LogP contribution is 2.18. The summed E-state index contributed by atoms with van der Waals surface area (Å²) in [5.74, 6) is 0.108. The maximum Gasteiger partial charge on any atom is 0.234 e. The van der Waals surface area contributed by atoms with Gasteiger partial charge in [-0.3, -0.25) is 4.79 Å². The van der Waals surface area contributed by atoms with Crippen LogP contribution < -0.4 is 10.6 Å². The fourth-order valence-electron chi connectivity index (χ4n) is 1.80. The van der Waals surface area contributed by atoms with E-state index < -0.39 is 0 Å². The molecule has 14 heavy (non-hydrogen) atoms. The van der Waals surface area contributed by atoms with Crippen molar-refractivity contribution in [3.63, 3.8) is 0 Å². The minimum absolute atomic E-state index is 0.0297. The van der Waals surface area contributed by atoms with Crippen LogP contribution in [0.3, 0.4) is 0 Å².